The quantitative estimate of drug-likeness (QED) is 0.180. The Labute approximate surface area is 385 Å². The molecule has 1 spiro atoms. The summed E-state index contributed by atoms with van der Waals surface area (Å²) >= 11 is 2.00. The van der Waals surface area contributed by atoms with Gasteiger partial charge in [-0.25, -0.2) is 0 Å². The first-order valence-corrected chi connectivity index (χ1v) is 23.8. The van der Waals surface area contributed by atoms with Gasteiger partial charge >= 0.3 is 0 Å². The molecule has 5 aliphatic rings. The summed E-state index contributed by atoms with van der Waals surface area (Å²) in [6.45, 7) is 0. The SMILES string of the molecule is C1=CC2C(c3cccc(-c4ccc(C5=CC(c6ccccc6)NC(c6ccccc6)N5)cc4)c3)C=Cc3ccccc3C2C2=C1C1(c3ccccc3S2)c2ccccc2-c2ccccc21. The second-order valence-corrected chi connectivity index (χ2v) is 19.1. The lowest BCUT2D eigenvalue weighted by Crippen LogP contribution is -2.39. The number of allylic oxidation sites excluding steroid dienone is 5. The molecule has 5 unspecified atom stereocenters. The molecule has 2 heterocycles. The molecule has 5 atom stereocenters. The molecule has 2 nitrogen and oxygen atoms in total. The molecule has 0 radical (unpaired) electrons. The Morgan fingerprint density at radius 1 is 0.477 bits per heavy atom. The van der Waals surface area contributed by atoms with E-state index in [1.165, 1.54) is 87.7 Å². The van der Waals surface area contributed by atoms with Crippen molar-refractivity contribution < 1.29 is 0 Å². The second kappa shape index (κ2) is 15.5. The molecule has 8 aromatic carbocycles. The molecule has 2 aliphatic heterocycles. The van der Waals surface area contributed by atoms with Gasteiger partial charge in [0, 0.05) is 27.3 Å². The van der Waals surface area contributed by atoms with Crippen LogP contribution in [0.3, 0.4) is 0 Å². The summed E-state index contributed by atoms with van der Waals surface area (Å²) in [5, 5.41) is 7.65. The maximum Gasteiger partial charge on any atom is 0.104 e. The topological polar surface area (TPSA) is 24.1 Å². The summed E-state index contributed by atoms with van der Waals surface area (Å²) in [5.41, 5.74) is 19.2. The van der Waals surface area contributed by atoms with Crippen LogP contribution >= 0.6 is 11.8 Å². The Bertz CT molecular complexity index is 3220. The highest BCUT2D eigenvalue weighted by Gasteiger charge is 2.53. The third-order valence-corrected chi connectivity index (χ3v) is 15.9. The minimum absolute atomic E-state index is 0.0156. The summed E-state index contributed by atoms with van der Waals surface area (Å²) in [6, 6.07) is 76.6. The van der Waals surface area contributed by atoms with Crippen LogP contribution in [-0.4, -0.2) is 0 Å². The number of nitrogens with one attached hydrogen (secondary N) is 2. The molecule has 3 aliphatic carbocycles. The van der Waals surface area contributed by atoms with Gasteiger partial charge in [0.05, 0.1) is 11.5 Å². The predicted octanol–water partition coefficient (Wildman–Crippen LogP) is 14.8. The highest BCUT2D eigenvalue weighted by molar-refractivity contribution is 8.03. The molecule has 13 rings (SSSR count). The average molecular weight is 851 g/mol. The summed E-state index contributed by atoms with van der Waals surface area (Å²) < 4.78 is 0. The van der Waals surface area contributed by atoms with Gasteiger partial charge < -0.3 is 5.32 Å². The first-order valence-electron chi connectivity index (χ1n) is 22.9. The minimum atomic E-state index is -0.396. The molecule has 2 N–H and O–H groups in total. The lowest BCUT2D eigenvalue weighted by Gasteiger charge is -2.46. The normalized spacial score (nSPS) is 21.7. The van der Waals surface area contributed by atoms with Crippen LogP contribution in [0.15, 0.2) is 246 Å². The fourth-order valence-electron chi connectivity index (χ4n) is 11.7. The van der Waals surface area contributed by atoms with E-state index in [2.05, 4.69) is 247 Å². The lowest BCUT2D eigenvalue weighted by atomic mass is 9.62. The first kappa shape index (κ1) is 38.3. The Hall–Kier alpha value is -7.17. The third kappa shape index (κ3) is 6.14. The summed E-state index contributed by atoms with van der Waals surface area (Å²) in [4.78, 5) is 2.82. The van der Waals surface area contributed by atoms with Crippen molar-refractivity contribution in [3.8, 4) is 22.3 Å². The zero-order valence-electron chi connectivity index (χ0n) is 35.8. The van der Waals surface area contributed by atoms with Gasteiger partial charge in [0.25, 0.3) is 0 Å². The maximum absolute atomic E-state index is 3.83. The second-order valence-electron chi connectivity index (χ2n) is 18.0. The Morgan fingerprint density at radius 2 is 1.11 bits per heavy atom. The van der Waals surface area contributed by atoms with E-state index in [-0.39, 0.29) is 30.0 Å². The van der Waals surface area contributed by atoms with E-state index in [0.29, 0.717) is 0 Å². The monoisotopic (exact) mass is 850 g/mol. The van der Waals surface area contributed by atoms with Crippen LogP contribution in [0.2, 0.25) is 0 Å². The van der Waals surface area contributed by atoms with Crippen molar-refractivity contribution >= 4 is 23.5 Å². The number of hydrogen-bond donors (Lipinski definition) is 2. The van der Waals surface area contributed by atoms with Crippen LogP contribution < -0.4 is 10.6 Å². The van der Waals surface area contributed by atoms with Crippen molar-refractivity contribution in [3.63, 3.8) is 0 Å². The van der Waals surface area contributed by atoms with Crippen molar-refractivity contribution in [2.75, 3.05) is 0 Å². The zero-order valence-corrected chi connectivity index (χ0v) is 36.6. The van der Waals surface area contributed by atoms with E-state index < -0.39 is 5.41 Å². The molecule has 3 heteroatoms. The fraction of sp³-hybridized carbons (Fsp3) is 0.0968. The van der Waals surface area contributed by atoms with Gasteiger partial charge in [0.1, 0.15) is 6.17 Å². The molecule has 65 heavy (non-hydrogen) atoms. The maximum atomic E-state index is 3.83. The van der Waals surface area contributed by atoms with Gasteiger partial charge in [-0.1, -0.05) is 236 Å². The Morgan fingerprint density at radius 3 is 1.88 bits per heavy atom. The minimum Gasteiger partial charge on any atom is -0.366 e. The van der Waals surface area contributed by atoms with Crippen LogP contribution in [-0.2, 0) is 5.41 Å². The first-order chi connectivity index (χ1) is 32.2. The van der Waals surface area contributed by atoms with E-state index in [0.717, 1.165) is 5.70 Å². The van der Waals surface area contributed by atoms with Gasteiger partial charge in [-0.15, -0.1) is 0 Å². The summed E-state index contributed by atoms with van der Waals surface area (Å²) in [5.74, 6) is 0.568. The molecular weight excluding hydrogens is 805 g/mol. The number of benzene rings is 8. The largest absolute Gasteiger partial charge is 0.366 e. The van der Waals surface area contributed by atoms with E-state index in [9.17, 15) is 0 Å². The van der Waals surface area contributed by atoms with Crippen molar-refractivity contribution in [1.82, 2.24) is 10.6 Å². The predicted molar refractivity (Wildman–Crippen MR) is 269 cm³/mol. The highest BCUT2D eigenvalue weighted by Crippen LogP contribution is 2.66. The number of rotatable bonds is 5. The summed E-state index contributed by atoms with van der Waals surface area (Å²) in [6.07, 6.45) is 12.3. The molecule has 310 valence electrons. The Kier molecular flexibility index (Phi) is 9.15. The number of hydrogen-bond acceptors (Lipinski definition) is 3. The fourth-order valence-corrected chi connectivity index (χ4v) is 13.1. The molecule has 0 amide bonds. The Balaban J connectivity index is 0.882. The van der Waals surface area contributed by atoms with Crippen molar-refractivity contribution in [2.24, 2.45) is 5.92 Å². The smallest absolute Gasteiger partial charge is 0.104 e. The van der Waals surface area contributed by atoms with Crippen molar-refractivity contribution in [3.05, 3.63) is 291 Å². The van der Waals surface area contributed by atoms with Gasteiger partial charge in [0.15, 0.2) is 0 Å². The van der Waals surface area contributed by atoms with E-state index >= 15 is 0 Å². The number of fused-ring (bicyclic) bond motifs is 12. The zero-order chi connectivity index (χ0) is 42.9. The molecular formula is C62H46N2S. The van der Waals surface area contributed by atoms with Crippen molar-refractivity contribution in [2.45, 2.75) is 34.4 Å². The summed E-state index contributed by atoms with van der Waals surface area (Å²) in [7, 11) is 0. The van der Waals surface area contributed by atoms with Crippen LogP contribution in [0.4, 0.5) is 0 Å². The molecule has 0 saturated carbocycles. The van der Waals surface area contributed by atoms with E-state index in [1.807, 2.05) is 11.8 Å². The van der Waals surface area contributed by atoms with Gasteiger partial charge in [0.2, 0.25) is 0 Å². The highest BCUT2D eigenvalue weighted by atomic mass is 32.2. The molecule has 8 aromatic rings. The standard InChI is InChI=1S/C62H46N2S/c1-3-17-42(18-4-1)56-39-57(64-61(63-56)44-19-5-2-6-20-44)43-32-30-40(31-33-43)45-21-15-22-46(38-45)47-35-34-41-16-7-8-23-48(41)59-51(47)36-37-55-60(59)65-58-29-14-13-28-54(58)62(55)52-26-11-9-24-49(52)50-25-10-12-27-53(50)62/h1-39,47,51,56,59,61,63-64H. The van der Waals surface area contributed by atoms with E-state index in [1.54, 1.807) is 0 Å². The average Bonchev–Trinajstić information content (AvgIpc) is 3.55. The number of thioether (sulfide) groups is 1. The van der Waals surface area contributed by atoms with Crippen molar-refractivity contribution in [1.29, 1.82) is 0 Å². The van der Waals surface area contributed by atoms with Crippen LogP contribution in [0.25, 0.3) is 34.0 Å². The third-order valence-electron chi connectivity index (χ3n) is 14.6. The van der Waals surface area contributed by atoms with Crippen LogP contribution in [0.1, 0.15) is 74.1 Å². The molecule has 0 saturated heterocycles. The van der Waals surface area contributed by atoms with Gasteiger partial charge in [-0.2, -0.15) is 0 Å². The van der Waals surface area contributed by atoms with Crippen LogP contribution in [0, 0.1) is 5.92 Å². The lowest BCUT2D eigenvalue weighted by molar-refractivity contribution is 0.442. The van der Waals surface area contributed by atoms with Crippen LogP contribution in [0.5, 0.6) is 0 Å². The molecule has 0 bridgehead atoms. The van der Waals surface area contributed by atoms with Gasteiger partial charge in [-0.05, 0) is 96.0 Å². The molecule has 0 fully saturated rings. The molecule has 0 aromatic heterocycles. The van der Waals surface area contributed by atoms with Gasteiger partial charge in [-0.3, -0.25) is 5.32 Å². The van der Waals surface area contributed by atoms with E-state index in [4.69, 9.17) is 0 Å².